The number of amides is 1. The predicted octanol–water partition coefficient (Wildman–Crippen LogP) is 4.60. The number of allylic oxidation sites excluding steroid dienone is 1. The van der Waals surface area contributed by atoms with Gasteiger partial charge in [-0.1, -0.05) is 41.9 Å². The molecular formula is C25H19ClN6O4. The lowest BCUT2D eigenvalue weighted by atomic mass is 9.95. The Balaban J connectivity index is 1.48. The van der Waals surface area contributed by atoms with E-state index in [9.17, 15) is 14.7 Å². The summed E-state index contributed by atoms with van der Waals surface area (Å²) in [7, 11) is 0. The van der Waals surface area contributed by atoms with Gasteiger partial charge in [0.1, 0.15) is 17.4 Å². The summed E-state index contributed by atoms with van der Waals surface area (Å²) in [5.41, 5.74) is 2.69. The number of pyridine rings is 1. The summed E-state index contributed by atoms with van der Waals surface area (Å²) < 4.78 is 5.73. The summed E-state index contributed by atoms with van der Waals surface area (Å²) in [6.45, 7) is 1.72. The average molecular weight is 503 g/mol. The maximum Gasteiger partial charge on any atom is 0.335 e. The molecule has 5 rings (SSSR count). The van der Waals surface area contributed by atoms with E-state index in [2.05, 4.69) is 25.9 Å². The van der Waals surface area contributed by atoms with Gasteiger partial charge >= 0.3 is 12.0 Å². The van der Waals surface area contributed by atoms with Gasteiger partial charge in [-0.05, 0) is 37.3 Å². The summed E-state index contributed by atoms with van der Waals surface area (Å²) in [6, 6.07) is 16.5. The molecule has 36 heavy (non-hydrogen) atoms. The number of hydrogen-bond acceptors (Lipinski definition) is 8. The van der Waals surface area contributed by atoms with Gasteiger partial charge in [0.2, 0.25) is 5.96 Å². The number of carbonyl (C=O) groups is 2. The van der Waals surface area contributed by atoms with Crippen LogP contribution in [-0.4, -0.2) is 32.9 Å². The van der Waals surface area contributed by atoms with Crippen molar-refractivity contribution in [3.8, 4) is 0 Å². The number of benzene rings is 2. The first-order valence-corrected chi connectivity index (χ1v) is 11.2. The fourth-order valence-electron chi connectivity index (χ4n) is 3.80. The minimum absolute atomic E-state index is 0.00161. The standard InChI is InChI=1S/C25H19ClN6O4/c1-13-20(22(33)30-19-12-14(23(34)35)10-11-27-19)21(15-6-2-3-7-16(15)26)31-24(28-13)32-25-29-17-8-4-5-9-18(17)36-25/h2-12,21H,1H3,(H,34,35)(H,27,30,33)(H2,28,29,31,32). The van der Waals surface area contributed by atoms with Crippen LogP contribution in [0.1, 0.15) is 28.9 Å². The molecule has 1 unspecified atom stereocenters. The first-order chi connectivity index (χ1) is 17.4. The second-order valence-electron chi connectivity index (χ2n) is 7.87. The highest BCUT2D eigenvalue weighted by Crippen LogP contribution is 2.35. The van der Waals surface area contributed by atoms with Gasteiger partial charge in [-0.2, -0.15) is 4.98 Å². The summed E-state index contributed by atoms with van der Waals surface area (Å²) >= 11 is 6.48. The Kier molecular flexibility index (Phi) is 6.09. The van der Waals surface area contributed by atoms with E-state index in [4.69, 9.17) is 21.0 Å². The van der Waals surface area contributed by atoms with Crippen LogP contribution < -0.4 is 16.0 Å². The molecule has 1 aliphatic rings. The van der Waals surface area contributed by atoms with Crippen LogP contribution in [0.2, 0.25) is 5.02 Å². The molecule has 0 fully saturated rings. The molecule has 0 saturated heterocycles. The van der Waals surface area contributed by atoms with Gasteiger partial charge < -0.3 is 20.2 Å². The summed E-state index contributed by atoms with van der Waals surface area (Å²) in [4.78, 5) is 37.8. The van der Waals surface area contributed by atoms with Crippen LogP contribution in [0, 0.1) is 0 Å². The number of para-hydroxylation sites is 2. The first-order valence-electron chi connectivity index (χ1n) is 10.8. The molecule has 1 aliphatic heterocycles. The molecule has 2 aromatic heterocycles. The largest absolute Gasteiger partial charge is 0.478 e. The number of nitrogens with one attached hydrogen (secondary N) is 3. The molecule has 1 atom stereocenters. The van der Waals surface area contributed by atoms with Crippen molar-refractivity contribution in [2.75, 3.05) is 10.6 Å². The number of nitrogens with zero attached hydrogens (tertiary/aromatic N) is 3. The minimum atomic E-state index is -1.13. The van der Waals surface area contributed by atoms with Gasteiger partial charge in [0.25, 0.3) is 5.91 Å². The van der Waals surface area contributed by atoms with Crippen molar-refractivity contribution in [1.82, 2.24) is 15.3 Å². The van der Waals surface area contributed by atoms with Crippen molar-refractivity contribution < 1.29 is 19.1 Å². The number of carbonyl (C=O) groups excluding carboxylic acids is 1. The van der Waals surface area contributed by atoms with Gasteiger partial charge in [0.05, 0.1) is 11.1 Å². The molecular weight excluding hydrogens is 484 g/mol. The molecule has 10 nitrogen and oxygen atoms in total. The Hall–Kier alpha value is -4.70. The lowest BCUT2D eigenvalue weighted by Crippen LogP contribution is -2.37. The lowest BCUT2D eigenvalue weighted by Gasteiger charge is -2.26. The third-order valence-corrected chi connectivity index (χ3v) is 5.80. The smallest absolute Gasteiger partial charge is 0.335 e. The number of halogens is 1. The molecule has 0 radical (unpaired) electrons. The van der Waals surface area contributed by atoms with E-state index in [0.717, 1.165) is 0 Å². The molecule has 0 bridgehead atoms. The molecule has 0 saturated carbocycles. The highest BCUT2D eigenvalue weighted by Gasteiger charge is 2.31. The monoisotopic (exact) mass is 502 g/mol. The maximum absolute atomic E-state index is 13.4. The molecule has 3 heterocycles. The Morgan fingerprint density at radius 3 is 2.67 bits per heavy atom. The number of anilines is 2. The predicted molar refractivity (Wildman–Crippen MR) is 135 cm³/mol. The van der Waals surface area contributed by atoms with E-state index in [1.807, 2.05) is 18.2 Å². The van der Waals surface area contributed by atoms with E-state index < -0.39 is 17.9 Å². The molecule has 1 amide bonds. The van der Waals surface area contributed by atoms with Crippen molar-refractivity contribution in [3.63, 3.8) is 0 Å². The molecule has 2 aromatic carbocycles. The number of hydrogen-bond donors (Lipinski definition) is 4. The van der Waals surface area contributed by atoms with Crippen LogP contribution in [0.4, 0.5) is 11.8 Å². The number of rotatable bonds is 5. The first kappa shape index (κ1) is 23.1. The second-order valence-corrected chi connectivity index (χ2v) is 8.27. The Morgan fingerprint density at radius 2 is 1.89 bits per heavy atom. The second kappa shape index (κ2) is 9.51. The SMILES string of the molecule is CC1=C(C(=O)Nc2cc(C(=O)O)ccn2)C(c2ccccc2Cl)N=C(Nc2nc3ccccc3o2)N1. The number of aromatic carboxylic acids is 1. The number of aromatic nitrogens is 2. The Labute approximate surface area is 209 Å². The fourth-order valence-corrected chi connectivity index (χ4v) is 4.04. The Bertz CT molecular complexity index is 1530. The number of fused-ring (bicyclic) bond motifs is 1. The van der Waals surface area contributed by atoms with Gasteiger partial charge in [0.15, 0.2) is 5.58 Å². The summed E-state index contributed by atoms with van der Waals surface area (Å²) in [5.74, 6) is -1.23. The molecule has 180 valence electrons. The number of guanidine groups is 1. The van der Waals surface area contributed by atoms with Crippen LogP contribution in [0.15, 0.2) is 87.5 Å². The van der Waals surface area contributed by atoms with Crippen molar-refractivity contribution in [2.45, 2.75) is 13.0 Å². The zero-order chi connectivity index (χ0) is 25.2. The van der Waals surface area contributed by atoms with Crippen LogP contribution in [0.25, 0.3) is 11.1 Å². The maximum atomic E-state index is 13.4. The molecule has 0 spiro atoms. The van der Waals surface area contributed by atoms with E-state index in [1.54, 1.807) is 37.3 Å². The number of oxazole rings is 1. The van der Waals surface area contributed by atoms with E-state index in [0.29, 0.717) is 33.3 Å². The number of carboxylic acid groups (broad SMARTS) is 1. The summed E-state index contributed by atoms with van der Waals surface area (Å²) in [6.07, 6.45) is 1.31. The van der Waals surface area contributed by atoms with Gasteiger partial charge in [0, 0.05) is 22.5 Å². The van der Waals surface area contributed by atoms with Crippen molar-refractivity contribution in [3.05, 3.63) is 94.3 Å². The topological polar surface area (TPSA) is 142 Å². The van der Waals surface area contributed by atoms with E-state index in [1.165, 1.54) is 18.3 Å². The molecule has 11 heteroatoms. The fraction of sp³-hybridized carbons (Fsp3) is 0.0800. The van der Waals surface area contributed by atoms with Crippen LogP contribution in [-0.2, 0) is 4.79 Å². The van der Waals surface area contributed by atoms with Gasteiger partial charge in [-0.3, -0.25) is 10.1 Å². The van der Waals surface area contributed by atoms with Gasteiger partial charge in [-0.25, -0.2) is 14.8 Å². The normalized spacial score (nSPS) is 15.3. The summed E-state index contributed by atoms with van der Waals surface area (Å²) in [5, 5.41) is 18.4. The van der Waals surface area contributed by atoms with E-state index >= 15 is 0 Å². The van der Waals surface area contributed by atoms with Crippen LogP contribution in [0.5, 0.6) is 0 Å². The number of carboxylic acids is 1. The third kappa shape index (κ3) is 4.62. The van der Waals surface area contributed by atoms with Crippen molar-refractivity contribution >= 4 is 52.4 Å². The highest BCUT2D eigenvalue weighted by molar-refractivity contribution is 6.31. The number of aliphatic imine (C=N–C) groups is 1. The Morgan fingerprint density at radius 1 is 1.11 bits per heavy atom. The zero-order valence-electron chi connectivity index (χ0n) is 18.8. The van der Waals surface area contributed by atoms with Crippen molar-refractivity contribution in [1.29, 1.82) is 0 Å². The minimum Gasteiger partial charge on any atom is -0.478 e. The van der Waals surface area contributed by atoms with Crippen LogP contribution >= 0.6 is 11.6 Å². The molecule has 4 N–H and O–H groups in total. The van der Waals surface area contributed by atoms with Gasteiger partial charge in [-0.15, -0.1) is 0 Å². The lowest BCUT2D eigenvalue weighted by molar-refractivity contribution is -0.113. The molecule has 0 aliphatic carbocycles. The average Bonchev–Trinajstić information content (AvgIpc) is 3.26. The van der Waals surface area contributed by atoms with E-state index in [-0.39, 0.29) is 23.0 Å². The molecule has 4 aromatic rings. The third-order valence-electron chi connectivity index (χ3n) is 5.45. The zero-order valence-corrected chi connectivity index (χ0v) is 19.6. The van der Waals surface area contributed by atoms with Crippen molar-refractivity contribution in [2.24, 2.45) is 4.99 Å². The van der Waals surface area contributed by atoms with Crippen LogP contribution in [0.3, 0.4) is 0 Å². The quantitative estimate of drug-likeness (QED) is 0.310. The highest BCUT2D eigenvalue weighted by atomic mass is 35.5.